The quantitative estimate of drug-likeness (QED) is 0.925. The van der Waals surface area contributed by atoms with Crippen LogP contribution in [0.4, 0.5) is 14.6 Å². The zero-order valence-corrected chi connectivity index (χ0v) is 12.5. The monoisotopic (exact) mass is 327 g/mol. The van der Waals surface area contributed by atoms with Crippen molar-refractivity contribution >= 4 is 17.4 Å². The molecule has 0 amide bonds. The van der Waals surface area contributed by atoms with Gasteiger partial charge in [0.05, 0.1) is 11.7 Å². The molecule has 2 aromatic rings. The van der Waals surface area contributed by atoms with Gasteiger partial charge in [-0.3, -0.25) is 0 Å². The number of nitrogens with one attached hydrogen (secondary N) is 1. The maximum Gasteiger partial charge on any atom is 0.586 e. The van der Waals surface area contributed by atoms with Crippen LogP contribution in [0.1, 0.15) is 24.2 Å². The Labute approximate surface area is 130 Å². The number of ether oxygens (including phenoxy) is 2. The van der Waals surface area contributed by atoms with E-state index in [1.165, 1.54) is 18.5 Å². The van der Waals surface area contributed by atoms with Gasteiger partial charge in [0.2, 0.25) is 0 Å². The lowest BCUT2D eigenvalue weighted by molar-refractivity contribution is -0.286. The standard InChI is InChI=1S/C14H12ClF2N3O2/c1-7(20-13-12(15)8(2)18-6-19-13)9-3-4-10-11(5-9)22-14(16,17)21-10/h3-7H,1-2H3,(H,18,19,20). The first-order chi connectivity index (χ1) is 10.4. The fourth-order valence-corrected chi connectivity index (χ4v) is 2.23. The Morgan fingerprint density at radius 1 is 1.23 bits per heavy atom. The van der Waals surface area contributed by atoms with E-state index in [9.17, 15) is 8.78 Å². The molecule has 1 atom stereocenters. The zero-order valence-electron chi connectivity index (χ0n) is 11.7. The summed E-state index contributed by atoms with van der Waals surface area (Å²) in [7, 11) is 0. The number of aryl methyl sites for hydroxylation is 1. The highest BCUT2D eigenvalue weighted by molar-refractivity contribution is 6.33. The van der Waals surface area contributed by atoms with Crippen LogP contribution in [0.2, 0.25) is 5.02 Å². The van der Waals surface area contributed by atoms with Crippen molar-refractivity contribution in [1.29, 1.82) is 0 Å². The fraction of sp³-hybridized carbons (Fsp3) is 0.286. The maximum atomic E-state index is 13.0. The minimum Gasteiger partial charge on any atom is -0.395 e. The Hall–Kier alpha value is -2.15. The third-order valence-electron chi connectivity index (χ3n) is 3.24. The van der Waals surface area contributed by atoms with Gasteiger partial charge in [0.25, 0.3) is 0 Å². The first-order valence-electron chi connectivity index (χ1n) is 6.49. The van der Waals surface area contributed by atoms with Crippen LogP contribution in [0.25, 0.3) is 0 Å². The number of halogens is 3. The average Bonchev–Trinajstić information content (AvgIpc) is 2.76. The van der Waals surface area contributed by atoms with E-state index in [1.807, 2.05) is 6.92 Å². The van der Waals surface area contributed by atoms with E-state index in [2.05, 4.69) is 24.8 Å². The van der Waals surface area contributed by atoms with Gasteiger partial charge in [-0.25, -0.2) is 9.97 Å². The second kappa shape index (κ2) is 5.24. The van der Waals surface area contributed by atoms with Crippen molar-refractivity contribution in [3.63, 3.8) is 0 Å². The van der Waals surface area contributed by atoms with E-state index < -0.39 is 6.29 Å². The van der Waals surface area contributed by atoms with Crippen LogP contribution in [-0.2, 0) is 0 Å². The van der Waals surface area contributed by atoms with Gasteiger partial charge in [-0.1, -0.05) is 17.7 Å². The van der Waals surface area contributed by atoms with Crippen molar-refractivity contribution in [1.82, 2.24) is 9.97 Å². The molecule has 116 valence electrons. The summed E-state index contributed by atoms with van der Waals surface area (Å²) < 4.78 is 34.8. The Balaban J connectivity index is 1.82. The molecule has 0 spiro atoms. The molecule has 0 bridgehead atoms. The van der Waals surface area contributed by atoms with Crippen LogP contribution in [0, 0.1) is 6.92 Å². The Kier molecular flexibility index (Phi) is 3.52. The molecule has 1 N–H and O–H groups in total. The lowest BCUT2D eigenvalue weighted by Gasteiger charge is -2.16. The number of nitrogens with zero attached hydrogens (tertiary/aromatic N) is 2. The van der Waals surface area contributed by atoms with E-state index in [0.717, 1.165) is 5.56 Å². The van der Waals surface area contributed by atoms with Crippen molar-refractivity contribution in [3.05, 3.63) is 40.8 Å². The van der Waals surface area contributed by atoms with Gasteiger partial charge in [0.15, 0.2) is 11.5 Å². The molecule has 0 aliphatic carbocycles. The molecule has 1 aromatic carbocycles. The molecular formula is C14H12ClF2N3O2. The van der Waals surface area contributed by atoms with E-state index in [0.29, 0.717) is 16.5 Å². The number of benzene rings is 1. The third-order valence-corrected chi connectivity index (χ3v) is 3.69. The van der Waals surface area contributed by atoms with E-state index >= 15 is 0 Å². The smallest absolute Gasteiger partial charge is 0.395 e. The van der Waals surface area contributed by atoms with Gasteiger partial charge in [-0.05, 0) is 31.5 Å². The summed E-state index contributed by atoms with van der Waals surface area (Å²) in [4.78, 5) is 8.05. The fourth-order valence-electron chi connectivity index (χ4n) is 2.08. The van der Waals surface area contributed by atoms with Crippen molar-refractivity contribution in [2.45, 2.75) is 26.2 Å². The Morgan fingerprint density at radius 3 is 2.73 bits per heavy atom. The number of anilines is 1. The summed E-state index contributed by atoms with van der Waals surface area (Å²) in [5.41, 5.74) is 1.38. The minimum atomic E-state index is -3.62. The van der Waals surface area contributed by atoms with Crippen molar-refractivity contribution in [2.75, 3.05) is 5.32 Å². The summed E-state index contributed by atoms with van der Waals surface area (Å²) in [5.74, 6) is 0.489. The topological polar surface area (TPSA) is 56.3 Å². The molecule has 0 saturated carbocycles. The largest absolute Gasteiger partial charge is 0.586 e. The molecule has 0 radical (unpaired) electrons. The van der Waals surface area contributed by atoms with Gasteiger partial charge in [0.1, 0.15) is 17.2 Å². The Bertz CT molecular complexity index is 727. The number of hydrogen-bond donors (Lipinski definition) is 1. The number of aromatic nitrogens is 2. The number of rotatable bonds is 3. The molecule has 22 heavy (non-hydrogen) atoms. The van der Waals surface area contributed by atoms with E-state index in [1.54, 1.807) is 13.0 Å². The molecular weight excluding hydrogens is 316 g/mol. The van der Waals surface area contributed by atoms with Crippen LogP contribution >= 0.6 is 11.6 Å². The van der Waals surface area contributed by atoms with Crippen LogP contribution in [0.3, 0.4) is 0 Å². The molecule has 1 aliphatic rings. The highest BCUT2D eigenvalue weighted by atomic mass is 35.5. The predicted octanol–water partition coefficient (Wildman–Crippen LogP) is 3.93. The first kappa shape index (κ1) is 14.8. The van der Waals surface area contributed by atoms with Crippen molar-refractivity contribution in [2.24, 2.45) is 0 Å². The van der Waals surface area contributed by atoms with Gasteiger partial charge in [-0.2, -0.15) is 0 Å². The molecule has 2 heterocycles. The summed E-state index contributed by atoms with van der Waals surface area (Å²) in [6.07, 6.45) is -2.22. The van der Waals surface area contributed by atoms with E-state index in [-0.39, 0.29) is 17.5 Å². The maximum absolute atomic E-state index is 13.0. The first-order valence-corrected chi connectivity index (χ1v) is 6.87. The summed E-state index contributed by atoms with van der Waals surface area (Å²) in [5, 5.41) is 3.53. The highest BCUT2D eigenvalue weighted by Gasteiger charge is 2.43. The van der Waals surface area contributed by atoms with Gasteiger partial charge in [-0.15, -0.1) is 8.78 Å². The van der Waals surface area contributed by atoms with Crippen LogP contribution in [-0.4, -0.2) is 16.3 Å². The molecule has 0 fully saturated rings. The predicted molar refractivity (Wildman–Crippen MR) is 76.5 cm³/mol. The summed E-state index contributed by atoms with van der Waals surface area (Å²) in [6, 6.07) is 4.38. The highest BCUT2D eigenvalue weighted by Crippen LogP contribution is 2.42. The molecule has 5 nitrogen and oxygen atoms in total. The Morgan fingerprint density at radius 2 is 1.95 bits per heavy atom. The van der Waals surface area contributed by atoms with Gasteiger partial charge < -0.3 is 14.8 Å². The minimum absolute atomic E-state index is 0.00103. The lowest BCUT2D eigenvalue weighted by Crippen LogP contribution is -2.25. The van der Waals surface area contributed by atoms with Gasteiger partial charge >= 0.3 is 6.29 Å². The van der Waals surface area contributed by atoms with Crippen molar-refractivity contribution < 1.29 is 18.3 Å². The second-order valence-corrected chi connectivity index (χ2v) is 5.24. The van der Waals surface area contributed by atoms with Crippen LogP contribution < -0.4 is 14.8 Å². The van der Waals surface area contributed by atoms with Gasteiger partial charge in [0, 0.05) is 0 Å². The number of hydrogen-bond acceptors (Lipinski definition) is 5. The van der Waals surface area contributed by atoms with Crippen LogP contribution in [0.15, 0.2) is 24.5 Å². The van der Waals surface area contributed by atoms with E-state index in [4.69, 9.17) is 11.6 Å². The lowest BCUT2D eigenvalue weighted by atomic mass is 10.1. The SMILES string of the molecule is Cc1ncnc(NC(C)c2ccc3c(c2)OC(F)(F)O3)c1Cl. The molecule has 8 heteroatoms. The molecule has 1 aliphatic heterocycles. The second-order valence-electron chi connectivity index (χ2n) is 4.86. The summed E-state index contributed by atoms with van der Waals surface area (Å²) >= 11 is 6.12. The number of fused-ring (bicyclic) bond motifs is 1. The molecule has 1 aromatic heterocycles. The molecule has 3 rings (SSSR count). The normalized spacial score (nSPS) is 16.4. The third kappa shape index (κ3) is 2.76. The molecule has 0 saturated heterocycles. The van der Waals surface area contributed by atoms with Crippen molar-refractivity contribution in [3.8, 4) is 11.5 Å². The summed E-state index contributed by atoms with van der Waals surface area (Å²) in [6.45, 7) is 3.62. The number of alkyl halides is 2. The van der Waals surface area contributed by atoms with Crippen LogP contribution in [0.5, 0.6) is 11.5 Å². The molecule has 1 unspecified atom stereocenters. The average molecular weight is 328 g/mol. The zero-order chi connectivity index (χ0) is 15.9.